The van der Waals surface area contributed by atoms with Crippen molar-refractivity contribution in [3.05, 3.63) is 35.0 Å². The van der Waals surface area contributed by atoms with Crippen LogP contribution in [0.25, 0.3) is 20.1 Å². The molecular formula is C19H19N5OS5. The maximum Gasteiger partial charge on any atom is 0.275 e. The fourth-order valence-corrected chi connectivity index (χ4v) is 7.17. The van der Waals surface area contributed by atoms with Crippen LogP contribution in [0.15, 0.2) is 27.9 Å². The van der Waals surface area contributed by atoms with E-state index in [1.807, 2.05) is 36.9 Å². The van der Waals surface area contributed by atoms with Gasteiger partial charge < -0.3 is 5.32 Å². The zero-order chi connectivity index (χ0) is 21.1. The molecule has 0 saturated carbocycles. The van der Waals surface area contributed by atoms with Crippen LogP contribution in [-0.2, 0) is 0 Å². The Bertz CT molecular complexity index is 1170. The molecule has 0 aliphatic rings. The van der Waals surface area contributed by atoms with Gasteiger partial charge in [0, 0.05) is 22.6 Å². The summed E-state index contributed by atoms with van der Waals surface area (Å²) in [4.78, 5) is 22.7. The van der Waals surface area contributed by atoms with Crippen molar-refractivity contribution >= 4 is 79.5 Å². The molecule has 0 fully saturated rings. The summed E-state index contributed by atoms with van der Waals surface area (Å²) in [5, 5.41) is 10.1. The Kier molecular flexibility index (Phi) is 7.04. The smallest absolute Gasteiger partial charge is 0.275 e. The number of aromatic nitrogens is 4. The summed E-state index contributed by atoms with van der Waals surface area (Å²) in [7, 11) is 0. The van der Waals surface area contributed by atoms with E-state index < -0.39 is 0 Å². The molecule has 0 radical (unpaired) electrons. The number of hydrogen-bond donors (Lipinski definition) is 1. The molecule has 6 nitrogen and oxygen atoms in total. The van der Waals surface area contributed by atoms with Crippen molar-refractivity contribution in [2.24, 2.45) is 0 Å². The molecule has 3 aromatic heterocycles. The number of nitrogens with one attached hydrogen (secondary N) is 1. The highest BCUT2D eigenvalue weighted by Gasteiger charge is 2.16. The summed E-state index contributed by atoms with van der Waals surface area (Å²) < 4.78 is 6.06. The van der Waals surface area contributed by atoms with Crippen LogP contribution in [0.2, 0.25) is 0 Å². The average molecular weight is 494 g/mol. The van der Waals surface area contributed by atoms with Crippen LogP contribution in [0.4, 0.5) is 5.69 Å². The fourth-order valence-electron chi connectivity index (χ4n) is 2.56. The first kappa shape index (κ1) is 21.7. The first-order valence-electron chi connectivity index (χ1n) is 9.21. The first-order valence-corrected chi connectivity index (χ1v) is 13.7. The topological polar surface area (TPSA) is 80.7 Å². The molecule has 0 saturated heterocycles. The number of aryl methyl sites for hydroxylation is 1. The van der Waals surface area contributed by atoms with Gasteiger partial charge in [0.15, 0.2) is 4.34 Å². The minimum absolute atomic E-state index is 0.225. The van der Waals surface area contributed by atoms with Crippen molar-refractivity contribution in [2.45, 2.75) is 30.4 Å². The molecule has 0 unspecified atom stereocenters. The number of carbonyl (C=O) groups excluding carboxylic acids is 1. The van der Waals surface area contributed by atoms with Gasteiger partial charge in [-0.15, -0.1) is 27.8 Å². The summed E-state index contributed by atoms with van der Waals surface area (Å²) in [6.07, 6.45) is 0. The van der Waals surface area contributed by atoms with Crippen LogP contribution in [0.1, 0.15) is 30.0 Å². The van der Waals surface area contributed by atoms with Gasteiger partial charge in [-0.3, -0.25) is 4.79 Å². The van der Waals surface area contributed by atoms with Crippen molar-refractivity contribution in [1.82, 2.24) is 19.6 Å². The van der Waals surface area contributed by atoms with E-state index in [1.165, 1.54) is 22.9 Å². The van der Waals surface area contributed by atoms with Crippen molar-refractivity contribution in [1.29, 1.82) is 0 Å². The van der Waals surface area contributed by atoms with Gasteiger partial charge in [0.1, 0.15) is 15.6 Å². The van der Waals surface area contributed by atoms with Gasteiger partial charge in [-0.25, -0.2) is 9.97 Å². The number of fused-ring (bicyclic) bond motifs is 1. The lowest BCUT2D eigenvalue weighted by Gasteiger charge is -2.02. The maximum atomic E-state index is 12.6. The SMILES string of the molecule is Cc1nnsc1-c1nc(C(=O)Nc2ccc3nc(SCCSC(C)C)sc3c2)cs1. The lowest BCUT2D eigenvalue weighted by Crippen LogP contribution is -2.12. The number of carbonyl (C=O) groups is 1. The summed E-state index contributed by atoms with van der Waals surface area (Å²) >= 11 is 8.13. The molecule has 4 aromatic rings. The average Bonchev–Trinajstić information content (AvgIpc) is 3.43. The van der Waals surface area contributed by atoms with E-state index in [4.69, 9.17) is 0 Å². The zero-order valence-electron chi connectivity index (χ0n) is 16.5. The van der Waals surface area contributed by atoms with E-state index >= 15 is 0 Å². The maximum absolute atomic E-state index is 12.6. The Balaban J connectivity index is 1.42. The number of thiazole rings is 2. The summed E-state index contributed by atoms with van der Waals surface area (Å²) in [5.41, 5.74) is 2.92. The number of hydrogen-bond acceptors (Lipinski definition) is 10. The second-order valence-electron chi connectivity index (χ2n) is 6.61. The number of anilines is 1. The minimum atomic E-state index is -0.225. The van der Waals surface area contributed by atoms with Crippen LogP contribution in [-0.4, -0.2) is 42.2 Å². The largest absolute Gasteiger partial charge is 0.321 e. The standard InChI is InChI=1S/C19H19N5OS5/c1-10(2)26-6-7-27-19-22-13-5-4-12(8-15(13)29-19)20-17(25)14-9-28-18(21-14)16-11(3)23-24-30-16/h4-5,8-10H,6-7H2,1-3H3,(H,20,25). The third-order valence-corrected chi connectivity index (χ3v) is 9.32. The highest BCUT2D eigenvalue weighted by atomic mass is 32.2. The Morgan fingerprint density at radius 3 is 2.87 bits per heavy atom. The molecule has 30 heavy (non-hydrogen) atoms. The summed E-state index contributed by atoms with van der Waals surface area (Å²) in [6, 6.07) is 5.81. The van der Waals surface area contributed by atoms with Crippen LogP contribution in [0, 0.1) is 6.92 Å². The number of thioether (sulfide) groups is 2. The molecule has 156 valence electrons. The minimum Gasteiger partial charge on any atom is -0.321 e. The highest BCUT2D eigenvalue weighted by Crippen LogP contribution is 2.32. The summed E-state index contributed by atoms with van der Waals surface area (Å²) in [6.45, 7) is 6.32. The monoisotopic (exact) mass is 493 g/mol. The Hall–Kier alpha value is -1.53. The third kappa shape index (κ3) is 5.20. The fraction of sp³-hybridized carbons (Fsp3) is 0.316. The molecule has 4 rings (SSSR count). The molecule has 0 bridgehead atoms. The van der Waals surface area contributed by atoms with Crippen LogP contribution in [0.3, 0.4) is 0 Å². The quantitative estimate of drug-likeness (QED) is 0.236. The Labute approximate surface area is 195 Å². The second kappa shape index (κ2) is 9.73. The second-order valence-corrected chi connectivity index (χ2v) is 12.3. The van der Waals surface area contributed by atoms with E-state index in [9.17, 15) is 4.79 Å². The van der Waals surface area contributed by atoms with Crippen molar-refractivity contribution in [2.75, 3.05) is 16.8 Å². The van der Waals surface area contributed by atoms with Crippen molar-refractivity contribution in [3.8, 4) is 9.88 Å². The molecule has 1 amide bonds. The van der Waals surface area contributed by atoms with Gasteiger partial charge in [-0.05, 0) is 41.9 Å². The lowest BCUT2D eigenvalue weighted by atomic mass is 10.3. The van der Waals surface area contributed by atoms with Gasteiger partial charge in [0.05, 0.1) is 15.9 Å². The van der Waals surface area contributed by atoms with E-state index in [2.05, 4.69) is 38.7 Å². The zero-order valence-corrected chi connectivity index (χ0v) is 20.6. The molecule has 1 N–H and O–H groups in total. The number of nitrogens with zero attached hydrogens (tertiary/aromatic N) is 4. The highest BCUT2D eigenvalue weighted by molar-refractivity contribution is 8.04. The Morgan fingerprint density at radius 2 is 2.10 bits per heavy atom. The van der Waals surface area contributed by atoms with E-state index in [-0.39, 0.29) is 5.91 Å². The van der Waals surface area contributed by atoms with Gasteiger partial charge in [0.2, 0.25) is 0 Å². The number of amides is 1. The van der Waals surface area contributed by atoms with Gasteiger partial charge in [0.25, 0.3) is 5.91 Å². The predicted octanol–water partition coefficient (Wildman–Crippen LogP) is 6.07. The number of benzene rings is 1. The van der Waals surface area contributed by atoms with Crippen molar-refractivity contribution in [3.63, 3.8) is 0 Å². The van der Waals surface area contributed by atoms with E-state index in [1.54, 1.807) is 28.5 Å². The van der Waals surface area contributed by atoms with Gasteiger partial charge in [-0.1, -0.05) is 30.1 Å². The molecular weight excluding hydrogens is 475 g/mol. The number of rotatable bonds is 8. The molecule has 0 atom stereocenters. The summed E-state index contributed by atoms with van der Waals surface area (Å²) in [5.74, 6) is 1.94. The molecule has 0 aliphatic carbocycles. The van der Waals surface area contributed by atoms with Crippen molar-refractivity contribution < 1.29 is 4.79 Å². The Morgan fingerprint density at radius 1 is 1.23 bits per heavy atom. The van der Waals surface area contributed by atoms with Crippen LogP contribution < -0.4 is 5.32 Å². The molecule has 0 aliphatic heterocycles. The molecule has 1 aromatic carbocycles. The van der Waals surface area contributed by atoms with Crippen LogP contribution >= 0.6 is 57.7 Å². The predicted molar refractivity (Wildman–Crippen MR) is 132 cm³/mol. The first-order chi connectivity index (χ1) is 14.5. The van der Waals surface area contributed by atoms with E-state index in [0.29, 0.717) is 10.9 Å². The van der Waals surface area contributed by atoms with Crippen LogP contribution in [0.5, 0.6) is 0 Å². The third-order valence-electron chi connectivity index (χ3n) is 3.97. The molecule has 3 heterocycles. The van der Waals surface area contributed by atoms with E-state index in [0.717, 1.165) is 47.3 Å². The molecule has 0 spiro atoms. The normalized spacial score (nSPS) is 11.5. The molecule has 11 heteroatoms. The van der Waals surface area contributed by atoms with Gasteiger partial charge in [-0.2, -0.15) is 11.8 Å². The lowest BCUT2D eigenvalue weighted by molar-refractivity contribution is 0.102. The van der Waals surface area contributed by atoms with Gasteiger partial charge >= 0.3 is 0 Å².